The smallest absolute Gasteiger partial charge is 0.145 e. The lowest BCUT2D eigenvalue weighted by molar-refractivity contribution is 0.0512. The standard InChI is InChI=1S/C21H30N4O3/c1-14-11-19(22-21-18(28-4)6-5-17(27-3)20(14)21)25-12-15(16(26)13-25)24-9-7-23(2)8-10-24/h5-6,11,15-16,26H,7-10,12-13H2,1-4H3/t15-,16-/m0/s1. The van der Waals surface area contributed by atoms with Crippen molar-refractivity contribution in [1.82, 2.24) is 14.8 Å². The van der Waals surface area contributed by atoms with Gasteiger partial charge in [-0.3, -0.25) is 4.90 Å². The predicted octanol–water partition coefficient (Wildman–Crippen LogP) is 1.36. The van der Waals surface area contributed by atoms with E-state index in [-0.39, 0.29) is 12.1 Å². The summed E-state index contributed by atoms with van der Waals surface area (Å²) in [6.07, 6.45) is -0.367. The quantitative estimate of drug-likeness (QED) is 0.851. The van der Waals surface area contributed by atoms with Gasteiger partial charge in [-0.1, -0.05) is 0 Å². The fourth-order valence-electron chi connectivity index (χ4n) is 4.42. The lowest BCUT2D eigenvalue weighted by atomic mass is 10.1. The Bertz CT molecular complexity index is 851. The van der Waals surface area contributed by atoms with Gasteiger partial charge in [-0.2, -0.15) is 0 Å². The number of fused-ring (bicyclic) bond motifs is 1. The maximum atomic E-state index is 10.7. The summed E-state index contributed by atoms with van der Waals surface area (Å²) in [5.74, 6) is 2.41. The molecule has 1 aromatic heterocycles. The summed E-state index contributed by atoms with van der Waals surface area (Å²) in [7, 11) is 5.48. The summed E-state index contributed by atoms with van der Waals surface area (Å²) >= 11 is 0. The number of hydrogen-bond acceptors (Lipinski definition) is 7. The maximum absolute atomic E-state index is 10.7. The number of piperazine rings is 1. The highest BCUT2D eigenvalue weighted by molar-refractivity contribution is 5.94. The first-order valence-electron chi connectivity index (χ1n) is 9.89. The van der Waals surface area contributed by atoms with E-state index in [1.165, 1.54) is 0 Å². The highest BCUT2D eigenvalue weighted by Crippen LogP contribution is 2.36. The van der Waals surface area contributed by atoms with Gasteiger partial charge >= 0.3 is 0 Å². The number of nitrogens with zero attached hydrogens (tertiary/aromatic N) is 4. The van der Waals surface area contributed by atoms with Crippen LogP contribution in [0.1, 0.15) is 5.56 Å². The van der Waals surface area contributed by atoms with Crippen molar-refractivity contribution in [2.75, 3.05) is 65.4 Å². The normalized spacial score (nSPS) is 24.1. The van der Waals surface area contributed by atoms with Crippen LogP contribution in [-0.4, -0.2) is 92.6 Å². The number of aryl methyl sites for hydroxylation is 1. The highest BCUT2D eigenvalue weighted by Gasteiger charge is 2.37. The Morgan fingerprint density at radius 3 is 2.39 bits per heavy atom. The van der Waals surface area contributed by atoms with E-state index in [4.69, 9.17) is 14.5 Å². The Balaban J connectivity index is 1.64. The van der Waals surface area contributed by atoms with Crippen LogP contribution in [0.4, 0.5) is 5.82 Å². The molecule has 2 aromatic rings. The molecule has 0 aliphatic carbocycles. The molecule has 2 fully saturated rings. The minimum absolute atomic E-state index is 0.152. The van der Waals surface area contributed by atoms with Gasteiger partial charge in [0.05, 0.1) is 26.4 Å². The molecule has 0 unspecified atom stereocenters. The van der Waals surface area contributed by atoms with Gasteiger partial charge in [0.25, 0.3) is 0 Å². The SMILES string of the molecule is COc1ccc(OC)c2c(C)cc(N3C[C@H](O)[C@@H](N4CCN(C)CC4)C3)nc12. The number of likely N-dealkylation sites (N-methyl/N-ethyl adjacent to an activating group) is 1. The van der Waals surface area contributed by atoms with Gasteiger partial charge in [-0.05, 0) is 37.7 Å². The Morgan fingerprint density at radius 1 is 1.04 bits per heavy atom. The maximum Gasteiger partial charge on any atom is 0.145 e. The lowest BCUT2D eigenvalue weighted by Gasteiger charge is -2.37. The van der Waals surface area contributed by atoms with Crippen molar-refractivity contribution >= 4 is 16.7 Å². The number of benzene rings is 1. The molecule has 4 rings (SSSR count). The topological polar surface area (TPSA) is 61.3 Å². The number of β-amino-alcohol motifs (C(OH)–C–C–N with tert-alkyl or cyclic N) is 1. The molecule has 7 heteroatoms. The summed E-state index contributed by atoms with van der Waals surface area (Å²) in [5, 5.41) is 11.7. The first-order valence-corrected chi connectivity index (χ1v) is 9.89. The van der Waals surface area contributed by atoms with Crippen LogP contribution in [-0.2, 0) is 0 Å². The molecule has 0 spiro atoms. The predicted molar refractivity (Wildman–Crippen MR) is 111 cm³/mol. The van der Waals surface area contributed by atoms with E-state index in [0.29, 0.717) is 6.54 Å². The Morgan fingerprint density at radius 2 is 1.71 bits per heavy atom. The average molecular weight is 386 g/mol. The molecule has 28 heavy (non-hydrogen) atoms. The third kappa shape index (κ3) is 3.38. The van der Waals surface area contributed by atoms with Crippen LogP contribution in [0, 0.1) is 6.92 Å². The van der Waals surface area contributed by atoms with Crippen LogP contribution >= 0.6 is 0 Å². The van der Waals surface area contributed by atoms with E-state index in [9.17, 15) is 5.11 Å². The molecule has 1 aromatic carbocycles. The third-order valence-electron chi connectivity index (χ3n) is 6.10. The molecule has 0 amide bonds. The van der Waals surface area contributed by atoms with Crippen LogP contribution < -0.4 is 14.4 Å². The zero-order valence-corrected chi connectivity index (χ0v) is 17.2. The number of rotatable bonds is 4. The Labute approximate surface area is 166 Å². The van der Waals surface area contributed by atoms with Crippen LogP contribution in [0.2, 0.25) is 0 Å². The molecule has 0 bridgehead atoms. The van der Waals surface area contributed by atoms with Crippen molar-refractivity contribution < 1.29 is 14.6 Å². The van der Waals surface area contributed by atoms with Crippen molar-refractivity contribution in [3.05, 3.63) is 23.8 Å². The molecule has 2 aliphatic rings. The van der Waals surface area contributed by atoms with Gasteiger partial charge in [0.2, 0.25) is 0 Å². The van der Waals surface area contributed by atoms with Gasteiger partial charge in [-0.15, -0.1) is 0 Å². The highest BCUT2D eigenvalue weighted by atomic mass is 16.5. The molecule has 0 saturated carbocycles. The molecular formula is C21H30N4O3. The lowest BCUT2D eigenvalue weighted by Crippen LogP contribution is -2.52. The second-order valence-electron chi connectivity index (χ2n) is 7.87. The molecule has 3 heterocycles. The summed E-state index contributed by atoms with van der Waals surface area (Å²) in [6, 6.07) is 6.05. The van der Waals surface area contributed by atoms with Crippen molar-refractivity contribution in [3.63, 3.8) is 0 Å². The number of aliphatic hydroxyl groups excluding tert-OH is 1. The van der Waals surface area contributed by atoms with Crippen LogP contribution in [0.15, 0.2) is 18.2 Å². The van der Waals surface area contributed by atoms with E-state index < -0.39 is 0 Å². The number of hydrogen-bond donors (Lipinski definition) is 1. The van der Waals surface area contributed by atoms with E-state index in [2.05, 4.69) is 34.7 Å². The van der Waals surface area contributed by atoms with Gasteiger partial charge in [0.1, 0.15) is 22.8 Å². The molecule has 1 N–H and O–H groups in total. The van der Waals surface area contributed by atoms with Crippen molar-refractivity contribution in [1.29, 1.82) is 0 Å². The number of aliphatic hydroxyl groups is 1. The second kappa shape index (κ2) is 7.73. The minimum atomic E-state index is -0.367. The van der Waals surface area contributed by atoms with E-state index in [0.717, 1.165) is 66.5 Å². The van der Waals surface area contributed by atoms with E-state index in [1.54, 1.807) is 14.2 Å². The molecule has 7 nitrogen and oxygen atoms in total. The zero-order chi connectivity index (χ0) is 19.8. The van der Waals surface area contributed by atoms with Crippen LogP contribution in [0.25, 0.3) is 10.9 Å². The Hall–Kier alpha value is -2.09. The number of anilines is 1. The summed E-state index contributed by atoms with van der Waals surface area (Å²) in [5.41, 5.74) is 1.89. The van der Waals surface area contributed by atoms with Gasteiger partial charge in [0.15, 0.2) is 0 Å². The van der Waals surface area contributed by atoms with Gasteiger partial charge < -0.3 is 24.4 Å². The molecule has 152 valence electrons. The molecule has 2 saturated heterocycles. The largest absolute Gasteiger partial charge is 0.496 e. The zero-order valence-electron chi connectivity index (χ0n) is 17.2. The average Bonchev–Trinajstić information content (AvgIpc) is 3.09. The fourth-order valence-corrected chi connectivity index (χ4v) is 4.42. The first kappa shape index (κ1) is 19.2. The van der Waals surface area contributed by atoms with Crippen molar-refractivity contribution in [2.24, 2.45) is 0 Å². The van der Waals surface area contributed by atoms with Crippen molar-refractivity contribution in [3.8, 4) is 11.5 Å². The third-order valence-corrected chi connectivity index (χ3v) is 6.10. The minimum Gasteiger partial charge on any atom is -0.496 e. The van der Waals surface area contributed by atoms with Crippen LogP contribution in [0.3, 0.4) is 0 Å². The molecule has 2 aliphatic heterocycles. The number of aromatic nitrogens is 1. The summed E-state index contributed by atoms with van der Waals surface area (Å²) < 4.78 is 11.1. The Kier molecular flexibility index (Phi) is 5.31. The molecule has 2 atom stereocenters. The van der Waals surface area contributed by atoms with E-state index in [1.807, 2.05) is 12.1 Å². The molecular weight excluding hydrogens is 356 g/mol. The number of methoxy groups -OCH3 is 2. The fraction of sp³-hybridized carbons (Fsp3) is 0.571. The van der Waals surface area contributed by atoms with Gasteiger partial charge in [-0.25, -0.2) is 4.98 Å². The van der Waals surface area contributed by atoms with Gasteiger partial charge in [0, 0.05) is 44.7 Å². The number of ether oxygens (including phenoxy) is 2. The van der Waals surface area contributed by atoms with Crippen LogP contribution in [0.5, 0.6) is 11.5 Å². The second-order valence-corrected chi connectivity index (χ2v) is 7.87. The van der Waals surface area contributed by atoms with E-state index >= 15 is 0 Å². The first-order chi connectivity index (χ1) is 13.5. The molecule has 0 radical (unpaired) electrons. The number of pyridine rings is 1. The summed E-state index contributed by atoms with van der Waals surface area (Å²) in [4.78, 5) is 11.9. The monoisotopic (exact) mass is 386 g/mol. The van der Waals surface area contributed by atoms with Crippen molar-refractivity contribution in [2.45, 2.75) is 19.1 Å². The summed E-state index contributed by atoms with van der Waals surface area (Å²) in [6.45, 7) is 7.56.